The number of nitrogens with one attached hydrogen (secondary N) is 1. The molecule has 1 unspecified atom stereocenters. The smallest absolute Gasteiger partial charge is 0.665 e. The molecule has 0 aliphatic heterocycles. The molecule has 1 aromatic rings. The summed E-state index contributed by atoms with van der Waals surface area (Å²) in [6.07, 6.45) is 3.41. The zero-order valence-electron chi connectivity index (χ0n) is 7.40. The van der Waals surface area contributed by atoms with E-state index < -0.39 is 12.0 Å². The average Bonchev–Trinajstić information content (AvgIpc) is 2.06. The molecule has 2 N–H and O–H groups in total. The van der Waals surface area contributed by atoms with Crippen LogP contribution in [-0.4, -0.2) is 22.1 Å². The van der Waals surface area contributed by atoms with E-state index in [4.69, 9.17) is 10.8 Å². The van der Waals surface area contributed by atoms with Gasteiger partial charge in [-0.15, -0.1) is 0 Å². The van der Waals surface area contributed by atoms with E-state index in [-0.39, 0.29) is 75.3 Å². The molecule has 0 saturated heterocycles. The third-order valence-corrected chi connectivity index (χ3v) is 1.49. The molecule has 0 radical (unpaired) electrons. The van der Waals surface area contributed by atoms with Crippen LogP contribution in [0.2, 0.25) is 0 Å². The first-order valence-corrected chi connectivity index (χ1v) is 3.53. The maximum atomic E-state index is 10.3. The summed E-state index contributed by atoms with van der Waals surface area (Å²) >= 11 is 0. The molecule has 1 rings (SSSR count). The van der Waals surface area contributed by atoms with Crippen molar-refractivity contribution in [2.75, 3.05) is 0 Å². The fraction of sp³-hybridized carbons (Fsp3) is 0.250. The third kappa shape index (κ3) is 5.16. The number of carboxylic acid groups (broad SMARTS) is 1. The van der Waals surface area contributed by atoms with Gasteiger partial charge >= 0.3 is 68.9 Å². The van der Waals surface area contributed by atoms with Crippen LogP contribution >= 0.6 is 0 Å². The molecule has 1 aromatic heterocycles. The van der Waals surface area contributed by atoms with Crippen molar-refractivity contribution in [2.45, 2.75) is 12.5 Å². The predicted octanol–water partition coefficient (Wildman–Crippen LogP) is -1.87. The quantitative estimate of drug-likeness (QED) is 0.711. The molecule has 0 aromatic carbocycles. The van der Waals surface area contributed by atoms with E-state index >= 15 is 0 Å². The van der Waals surface area contributed by atoms with Gasteiger partial charge in [0.2, 0.25) is 0 Å². The van der Waals surface area contributed by atoms with Gasteiger partial charge < -0.3 is 10.8 Å². The van der Waals surface area contributed by atoms with Crippen molar-refractivity contribution in [3.05, 3.63) is 35.8 Å². The van der Waals surface area contributed by atoms with Crippen molar-refractivity contribution in [2.24, 2.45) is 0 Å². The van der Waals surface area contributed by atoms with Crippen molar-refractivity contribution in [1.29, 1.82) is 0 Å². The number of hydrogen-bond donors (Lipinski definition) is 1. The van der Waals surface area contributed by atoms with Crippen molar-refractivity contribution in [3.63, 3.8) is 0 Å². The van der Waals surface area contributed by atoms with Crippen LogP contribution in [0.4, 0.5) is 0 Å². The Morgan fingerprint density at radius 2 is 2.08 bits per heavy atom. The number of rotatable bonds is 3. The van der Waals surface area contributed by atoms with Gasteiger partial charge in [0.25, 0.3) is 5.97 Å². The van der Waals surface area contributed by atoms with Gasteiger partial charge in [-0.1, -0.05) is 0 Å². The van der Waals surface area contributed by atoms with Gasteiger partial charge in [-0.25, -0.2) is 0 Å². The van der Waals surface area contributed by atoms with Crippen LogP contribution in [0.5, 0.6) is 0 Å². The van der Waals surface area contributed by atoms with Crippen LogP contribution in [0.1, 0.15) is 5.56 Å². The molecule has 13 heavy (non-hydrogen) atoms. The SMILES string of the molecule is [Cs+].[NH-]C(Cc1ccncc1)C(=O)O. The first-order chi connectivity index (χ1) is 5.70. The van der Waals surface area contributed by atoms with Crippen LogP contribution in [0.3, 0.4) is 0 Å². The number of hydrogen-bond acceptors (Lipinski definition) is 2. The Morgan fingerprint density at radius 3 is 2.54 bits per heavy atom. The molecule has 0 spiro atoms. The molecular formula is C8H9CsN2O2. The zero-order chi connectivity index (χ0) is 8.97. The normalized spacial score (nSPS) is 11.5. The Morgan fingerprint density at radius 1 is 1.54 bits per heavy atom. The first-order valence-electron chi connectivity index (χ1n) is 3.53. The van der Waals surface area contributed by atoms with Gasteiger partial charge in [0.05, 0.1) is 0 Å². The Hall–Kier alpha value is 0.632. The van der Waals surface area contributed by atoms with Crippen molar-refractivity contribution in [3.8, 4) is 0 Å². The molecule has 1 atom stereocenters. The van der Waals surface area contributed by atoms with Crippen molar-refractivity contribution in [1.82, 2.24) is 4.98 Å². The van der Waals surface area contributed by atoms with E-state index in [1.165, 1.54) is 0 Å². The van der Waals surface area contributed by atoms with Crippen molar-refractivity contribution < 1.29 is 78.8 Å². The number of pyridine rings is 1. The molecule has 0 aliphatic carbocycles. The minimum atomic E-state index is -1.09. The molecule has 4 nitrogen and oxygen atoms in total. The van der Waals surface area contributed by atoms with Gasteiger partial charge in [0.1, 0.15) is 0 Å². The monoisotopic (exact) mass is 298 g/mol. The second-order valence-corrected chi connectivity index (χ2v) is 2.45. The summed E-state index contributed by atoms with van der Waals surface area (Å²) in [5.74, 6) is -1.09. The molecular weight excluding hydrogens is 289 g/mol. The summed E-state index contributed by atoms with van der Waals surface area (Å²) in [7, 11) is 0. The van der Waals surface area contributed by atoms with Gasteiger partial charge in [-0.3, -0.25) is 9.78 Å². The van der Waals surface area contributed by atoms with Crippen LogP contribution < -0.4 is 68.9 Å². The van der Waals surface area contributed by atoms with Gasteiger partial charge in [-0.2, -0.15) is 0 Å². The minimum absolute atomic E-state index is 0. The fourth-order valence-corrected chi connectivity index (χ4v) is 0.842. The molecule has 0 aliphatic rings. The summed E-state index contributed by atoms with van der Waals surface area (Å²) in [5.41, 5.74) is 7.97. The first kappa shape index (κ1) is 13.6. The van der Waals surface area contributed by atoms with E-state index in [9.17, 15) is 4.79 Å². The maximum Gasteiger partial charge on any atom is 1.00 e. The fourth-order valence-electron chi connectivity index (χ4n) is 0.842. The Balaban J connectivity index is 0.00000144. The average molecular weight is 298 g/mol. The number of nitrogens with zero attached hydrogens (tertiary/aromatic N) is 1. The number of carboxylic acids is 1. The number of aliphatic carboxylic acids is 1. The molecule has 1 heterocycles. The molecule has 5 heteroatoms. The maximum absolute atomic E-state index is 10.3. The van der Waals surface area contributed by atoms with E-state index in [0.717, 1.165) is 5.56 Å². The van der Waals surface area contributed by atoms with Crippen LogP contribution in [0.15, 0.2) is 24.5 Å². The molecule has 64 valence electrons. The van der Waals surface area contributed by atoms with E-state index in [1.54, 1.807) is 24.5 Å². The van der Waals surface area contributed by atoms with E-state index in [0.29, 0.717) is 0 Å². The summed E-state index contributed by atoms with van der Waals surface area (Å²) in [4.78, 5) is 14.1. The number of carbonyl (C=O) groups is 1. The Labute approximate surface area is 135 Å². The van der Waals surface area contributed by atoms with Gasteiger partial charge in [0, 0.05) is 12.4 Å². The standard InChI is InChI=1S/C8H9N2O2.Cs/c9-7(8(11)12)5-6-1-3-10-4-2-6;/h1-4,7,9H,5H2,(H,11,12);/q-1;+1. The zero-order valence-corrected chi connectivity index (χ0v) is 13.7. The van der Waals surface area contributed by atoms with Crippen molar-refractivity contribution >= 4 is 5.97 Å². The molecule has 0 saturated carbocycles. The Kier molecular flexibility index (Phi) is 7.33. The van der Waals surface area contributed by atoms with Gasteiger partial charge in [0.15, 0.2) is 0 Å². The topological polar surface area (TPSA) is 74.0 Å². The van der Waals surface area contributed by atoms with Crippen LogP contribution in [-0.2, 0) is 11.2 Å². The molecule has 0 bridgehead atoms. The van der Waals surface area contributed by atoms with E-state index in [1.807, 2.05) is 0 Å². The van der Waals surface area contributed by atoms with E-state index in [2.05, 4.69) is 4.98 Å². The number of aromatic nitrogens is 1. The minimum Gasteiger partial charge on any atom is -0.665 e. The Bertz CT molecular complexity index is 266. The summed E-state index contributed by atoms with van der Waals surface area (Å²) < 4.78 is 0. The molecule has 0 amide bonds. The third-order valence-electron chi connectivity index (χ3n) is 1.49. The van der Waals surface area contributed by atoms with Gasteiger partial charge in [-0.05, 0) is 30.2 Å². The summed E-state index contributed by atoms with van der Waals surface area (Å²) in [5, 5.41) is 8.44. The second-order valence-electron chi connectivity index (χ2n) is 2.45. The summed E-state index contributed by atoms with van der Waals surface area (Å²) in [6.45, 7) is 0. The molecule has 0 fully saturated rings. The second kappa shape index (κ2) is 6.99. The van der Waals surface area contributed by atoms with Crippen LogP contribution in [0, 0.1) is 0 Å². The largest absolute Gasteiger partial charge is 1.00 e. The predicted molar refractivity (Wildman–Crippen MR) is 43.7 cm³/mol. The van der Waals surface area contributed by atoms with Crippen LogP contribution in [0.25, 0.3) is 5.73 Å². The summed E-state index contributed by atoms with van der Waals surface area (Å²) in [6, 6.07) is 2.35.